The number of ether oxygens (including phenoxy) is 1. The second-order valence-corrected chi connectivity index (χ2v) is 7.72. The maximum atomic E-state index is 13.1. The molecule has 0 aliphatic carbocycles. The zero-order chi connectivity index (χ0) is 20.2. The molecule has 2 aliphatic heterocycles. The van der Waals surface area contributed by atoms with E-state index in [0.29, 0.717) is 31.4 Å². The summed E-state index contributed by atoms with van der Waals surface area (Å²) in [5.41, 5.74) is 2.65. The van der Waals surface area contributed by atoms with E-state index in [1.807, 2.05) is 36.4 Å². The van der Waals surface area contributed by atoms with E-state index < -0.39 is 6.09 Å². The highest BCUT2D eigenvalue weighted by molar-refractivity contribution is 5.94. The minimum Gasteiger partial charge on any atom is -0.465 e. The van der Waals surface area contributed by atoms with Gasteiger partial charge in [0.15, 0.2) is 0 Å². The molecule has 4 rings (SSSR count). The molecule has 2 fully saturated rings. The van der Waals surface area contributed by atoms with E-state index in [1.165, 1.54) is 4.90 Å². The average Bonchev–Trinajstić information content (AvgIpc) is 3.21. The fourth-order valence-electron chi connectivity index (χ4n) is 4.43. The molecule has 0 radical (unpaired) electrons. The SMILES string of the molecule is O=C(Nc1cccc(-c2cccnc2)c1)C1CN(C(=O)O)CC1C1CCOCC1. The molecule has 0 spiro atoms. The van der Waals surface area contributed by atoms with Crippen molar-refractivity contribution in [3.8, 4) is 11.1 Å². The zero-order valence-corrected chi connectivity index (χ0v) is 16.2. The number of aromatic nitrogens is 1. The second-order valence-electron chi connectivity index (χ2n) is 7.72. The molecule has 2 amide bonds. The van der Waals surface area contributed by atoms with Gasteiger partial charge < -0.3 is 20.1 Å². The summed E-state index contributed by atoms with van der Waals surface area (Å²) >= 11 is 0. The lowest BCUT2D eigenvalue weighted by Gasteiger charge is -2.30. The zero-order valence-electron chi connectivity index (χ0n) is 16.2. The van der Waals surface area contributed by atoms with Crippen molar-refractivity contribution in [3.05, 3.63) is 48.8 Å². The number of pyridine rings is 1. The van der Waals surface area contributed by atoms with E-state index in [0.717, 1.165) is 24.0 Å². The van der Waals surface area contributed by atoms with Crippen molar-refractivity contribution in [2.24, 2.45) is 17.8 Å². The first kappa shape index (κ1) is 19.4. The molecule has 2 N–H and O–H groups in total. The van der Waals surface area contributed by atoms with E-state index >= 15 is 0 Å². The van der Waals surface area contributed by atoms with Gasteiger partial charge in [-0.25, -0.2) is 4.79 Å². The number of amides is 2. The number of rotatable bonds is 4. The molecule has 29 heavy (non-hydrogen) atoms. The molecule has 0 saturated carbocycles. The number of carboxylic acid groups (broad SMARTS) is 1. The summed E-state index contributed by atoms with van der Waals surface area (Å²) in [4.78, 5) is 30.1. The largest absolute Gasteiger partial charge is 0.465 e. The number of carbonyl (C=O) groups excluding carboxylic acids is 1. The second kappa shape index (κ2) is 8.61. The number of anilines is 1. The lowest BCUT2D eigenvalue weighted by atomic mass is 9.79. The van der Waals surface area contributed by atoms with Crippen molar-refractivity contribution < 1.29 is 19.4 Å². The summed E-state index contributed by atoms with van der Waals surface area (Å²) in [5.74, 6) is -0.132. The molecule has 2 unspecified atom stereocenters. The molecule has 2 aromatic rings. The summed E-state index contributed by atoms with van der Waals surface area (Å²) < 4.78 is 5.44. The molecular formula is C22H25N3O4. The quantitative estimate of drug-likeness (QED) is 0.828. The van der Waals surface area contributed by atoms with Crippen LogP contribution in [0.25, 0.3) is 11.1 Å². The van der Waals surface area contributed by atoms with Crippen LogP contribution in [-0.2, 0) is 9.53 Å². The number of likely N-dealkylation sites (tertiary alicyclic amines) is 1. The number of carbonyl (C=O) groups is 2. The summed E-state index contributed by atoms with van der Waals surface area (Å²) in [7, 11) is 0. The molecule has 2 saturated heterocycles. The Hall–Kier alpha value is -2.93. The van der Waals surface area contributed by atoms with Gasteiger partial charge in [-0.3, -0.25) is 9.78 Å². The van der Waals surface area contributed by atoms with Crippen LogP contribution in [0.15, 0.2) is 48.8 Å². The average molecular weight is 395 g/mol. The monoisotopic (exact) mass is 395 g/mol. The van der Waals surface area contributed by atoms with Crippen molar-refractivity contribution in [1.29, 1.82) is 0 Å². The van der Waals surface area contributed by atoms with Crippen LogP contribution in [0.5, 0.6) is 0 Å². The normalized spacial score (nSPS) is 22.4. The van der Waals surface area contributed by atoms with Gasteiger partial charge in [0.1, 0.15) is 0 Å². The molecule has 0 bridgehead atoms. The lowest BCUT2D eigenvalue weighted by molar-refractivity contribution is -0.121. The third-order valence-corrected chi connectivity index (χ3v) is 5.97. The predicted molar refractivity (Wildman–Crippen MR) is 108 cm³/mol. The third kappa shape index (κ3) is 4.40. The summed E-state index contributed by atoms with van der Waals surface area (Å²) in [5, 5.41) is 12.5. The number of nitrogens with zero attached hydrogens (tertiary/aromatic N) is 2. The van der Waals surface area contributed by atoms with Crippen LogP contribution in [0, 0.1) is 17.8 Å². The van der Waals surface area contributed by atoms with Gasteiger partial charge in [0.2, 0.25) is 5.91 Å². The van der Waals surface area contributed by atoms with Crippen molar-refractivity contribution in [3.63, 3.8) is 0 Å². The Morgan fingerprint density at radius 2 is 1.90 bits per heavy atom. The van der Waals surface area contributed by atoms with Gasteiger partial charge in [-0.2, -0.15) is 0 Å². The first-order chi connectivity index (χ1) is 14.1. The molecule has 1 aromatic heterocycles. The fraction of sp³-hybridized carbons (Fsp3) is 0.409. The van der Waals surface area contributed by atoms with E-state index in [2.05, 4.69) is 10.3 Å². The summed E-state index contributed by atoms with van der Waals surface area (Å²) in [6, 6.07) is 11.5. The Balaban J connectivity index is 1.51. The number of benzene rings is 1. The van der Waals surface area contributed by atoms with Crippen LogP contribution in [-0.4, -0.2) is 53.3 Å². The first-order valence-electron chi connectivity index (χ1n) is 9.99. The van der Waals surface area contributed by atoms with Crippen LogP contribution < -0.4 is 5.32 Å². The van der Waals surface area contributed by atoms with E-state index in [1.54, 1.807) is 12.4 Å². The van der Waals surface area contributed by atoms with E-state index in [-0.39, 0.29) is 24.3 Å². The molecule has 7 nitrogen and oxygen atoms in total. The van der Waals surface area contributed by atoms with E-state index in [4.69, 9.17) is 4.74 Å². The van der Waals surface area contributed by atoms with Crippen LogP contribution in [0.1, 0.15) is 12.8 Å². The van der Waals surface area contributed by atoms with Gasteiger partial charge in [0, 0.05) is 49.9 Å². The Morgan fingerprint density at radius 1 is 1.10 bits per heavy atom. The maximum Gasteiger partial charge on any atom is 0.407 e. The molecule has 3 heterocycles. The Labute approximate surface area is 169 Å². The van der Waals surface area contributed by atoms with Gasteiger partial charge >= 0.3 is 6.09 Å². The van der Waals surface area contributed by atoms with E-state index in [9.17, 15) is 14.7 Å². The molecule has 152 valence electrons. The van der Waals surface area contributed by atoms with Crippen molar-refractivity contribution >= 4 is 17.7 Å². The summed E-state index contributed by atoms with van der Waals surface area (Å²) in [6.07, 6.45) is 4.29. The number of hydrogen-bond donors (Lipinski definition) is 2. The predicted octanol–water partition coefficient (Wildman–Crippen LogP) is 3.34. The maximum absolute atomic E-state index is 13.1. The highest BCUT2D eigenvalue weighted by Gasteiger charge is 2.43. The summed E-state index contributed by atoms with van der Waals surface area (Å²) in [6.45, 7) is 2.00. The van der Waals surface area contributed by atoms with Crippen LogP contribution in [0.2, 0.25) is 0 Å². The lowest BCUT2D eigenvalue weighted by Crippen LogP contribution is -2.34. The third-order valence-electron chi connectivity index (χ3n) is 5.97. The number of nitrogens with one attached hydrogen (secondary N) is 1. The minimum atomic E-state index is -0.962. The van der Waals surface area contributed by atoms with Gasteiger partial charge in [-0.15, -0.1) is 0 Å². The van der Waals surface area contributed by atoms with Crippen LogP contribution in [0.4, 0.5) is 10.5 Å². The molecule has 2 aliphatic rings. The van der Waals surface area contributed by atoms with Crippen molar-refractivity contribution in [2.45, 2.75) is 12.8 Å². The topological polar surface area (TPSA) is 91.8 Å². The molecular weight excluding hydrogens is 370 g/mol. The highest BCUT2D eigenvalue weighted by Crippen LogP contribution is 2.36. The fourth-order valence-corrected chi connectivity index (χ4v) is 4.43. The molecule has 2 atom stereocenters. The number of hydrogen-bond acceptors (Lipinski definition) is 4. The van der Waals surface area contributed by atoms with Gasteiger partial charge in [0.25, 0.3) is 0 Å². The minimum absolute atomic E-state index is 0.0245. The Bertz CT molecular complexity index is 867. The van der Waals surface area contributed by atoms with Crippen LogP contribution in [0.3, 0.4) is 0 Å². The first-order valence-corrected chi connectivity index (χ1v) is 9.99. The van der Waals surface area contributed by atoms with Crippen molar-refractivity contribution in [2.75, 3.05) is 31.6 Å². The molecule has 7 heteroatoms. The van der Waals surface area contributed by atoms with Gasteiger partial charge in [-0.05, 0) is 48.4 Å². The smallest absolute Gasteiger partial charge is 0.407 e. The standard InChI is InChI=1S/C22H25N3O4/c26-21(24-18-5-1-3-16(11-18)17-4-2-8-23-12-17)20-14-25(22(27)28)13-19(20)15-6-9-29-10-7-15/h1-5,8,11-12,15,19-20H,6-7,9-10,13-14H2,(H,24,26)(H,27,28). The Kier molecular flexibility index (Phi) is 5.76. The van der Waals surface area contributed by atoms with Crippen LogP contribution >= 0.6 is 0 Å². The highest BCUT2D eigenvalue weighted by atomic mass is 16.5. The van der Waals surface area contributed by atoms with Crippen molar-refractivity contribution in [1.82, 2.24) is 9.88 Å². The molecule has 1 aromatic carbocycles. The van der Waals surface area contributed by atoms with Gasteiger partial charge in [-0.1, -0.05) is 18.2 Å². The van der Waals surface area contributed by atoms with Gasteiger partial charge in [0.05, 0.1) is 5.92 Å². The Morgan fingerprint density at radius 3 is 2.62 bits per heavy atom.